The van der Waals surface area contributed by atoms with Crippen molar-refractivity contribution in [1.82, 2.24) is 0 Å². The first kappa shape index (κ1) is 76.0. The second-order valence-corrected chi connectivity index (χ2v) is 24.3. The minimum absolute atomic E-state index is 0.0963. The number of ether oxygens (including phenoxy) is 8. The normalized spacial score (nSPS) is 11.4. The topological polar surface area (TPSA) is 180 Å². The van der Waals surface area contributed by atoms with Gasteiger partial charge in [0.2, 0.25) is 5.75 Å². The number of aromatic nitrogens is 1. The largest absolute Gasteiger partial charge is 0.487 e. The third kappa shape index (κ3) is 26.7. The van der Waals surface area contributed by atoms with E-state index in [0.717, 1.165) is 69.5 Å². The van der Waals surface area contributed by atoms with Gasteiger partial charge in [0.25, 0.3) is 0 Å². The number of nitrogens with zero attached hydrogens (tertiary/aromatic N) is 1. The fraction of sp³-hybridized carbons (Fsp3) is 0.545. The summed E-state index contributed by atoms with van der Waals surface area (Å²) in [5, 5.41) is 0. The van der Waals surface area contributed by atoms with Crippen molar-refractivity contribution in [1.29, 1.82) is 0 Å². The van der Waals surface area contributed by atoms with Gasteiger partial charge in [0.15, 0.2) is 47.0 Å². The van der Waals surface area contributed by atoms with Crippen LogP contribution in [0, 0.1) is 47.0 Å². The van der Waals surface area contributed by atoms with Crippen LogP contribution in [0.25, 0.3) is 0 Å². The van der Waals surface area contributed by atoms with Gasteiger partial charge in [-0.05, 0) is 145 Å². The molecule has 5 aromatic rings. The van der Waals surface area contributed by atoms with Crippen LogP contribution < -0.4 is 18.8 Å². The van der Waals surface area contributed by atoms with E-state index in [1.165, 1.54) is 0 Å². The Morgan fingerprint density at radius 1 is 0.380 bits per heavy atom. The fourth-order valence-corrected chi connectivity index (χ4v) is 11.6. The molecule has 0 bridgehead atoms. The molecule has 502 valence electrons. The van der Waals surface area contributed by atoms with Gasteiger partial charge in [-0.2, -0.15) is 0 Å². The Bertz CT molecular complexity index is 2850. The summed E-state index contributed by atoms with van der Waals surface area (Å²) in [6, 6.07) is 26.8. The molecule has 0 atom stereocenters. The summed E-state index contributed by atoms with van der Waals surface area (Å²) in [6.45, 7) is 15.8. The molecule has 0 aliphatic heterocycles. The first-order valence-electron chi connectivity index (χ1n) is 33.7. The van der Waals surface area contributed by atoms with E-state index >= 15 is 4.79 Å². The van der Waals surface area contributed by atoms with Crippen molar-refractivity contribution in [3.63, 3.8) is 0 Å². The number of ketones is 6. The van der Waals surface area contributed by atoms with E-state index in [2.05, 4.69) is 4.57 Å². The maximum absolute atomic E-state index is 15.2. The van der Waals surface area contributed by atoms with Crippen molar-refractivity contribution >= 4 is 34.7 Å². The summed E-state index contributed by atoms with van der Waals surface area (Å²) >= 11 is 0. The standard InChI is InChI=1S/C77H106NO14/c1-58-26-23-30-66(61(58)4)70(81)34-13-17-39-77(40-18-14-35-71(82)67-31-24-27-59(2)62(67)5,41-19-15-36-72(83)68-32-25-28-60(3)63(68)6)75(84)37-12-9-11-33-69(80)64-56-73(90-53-50-88-48-46-85-7)76(74(57-64)91-54-51-89-49-47-86-8)92-55-52-87-45-38-65(79)29-16-22-44-78-42-20-10-21-43-78/h10,20-21,23-28,30-32,42-43,56-57H,9,11-19,22,29,33-41,44-55H2,1-8H3/q+1. The number of benzene rings is 4. The second-order valence-electron chi connectivity index (χ2n) is 24.3. The number of pyridine rings is 1. The molecule has 0 spiro atoms. The molecule has 0 radical (unpaired) electrons. The molecule has 15 nitrogen and oxygen atoms in total. The molecular formula is C77H106NO14+. The van der Waals surface area contributed by atoms with Gasteiger partial charge in [-0.15, -0.1) is 0 Å². The Kier molecular flexibility index (Phi) is 35.7. The van der Waals surface area contributed by atoms with E-state index in [-0.39, 0.29) is 87.4 Å². The van der Waals surface area contributed by atoms with E-state index in [1.807, 2.05) is 127 Å². The molecule has 0 saturated carbocycles. The van der Waals surface area contributed by atoms with Crippen molar-refractivity contribution in [2.45, 2.75) is 183 Å². The van der Waals surface area contributed by atoms with Crippen LogP contribution in [0.3, 0.4) is 0 Å². The van der Waals surface area contributed by atoms with Crippen LogP contribution in [0.2, 0.25) is 0 Å². The lowest BCUT2D eigenvalue weighted by molar-refractivity contribution is -0.697. The van der Waals surface area contributed by atoms with Gasteiger partial charge < -0.3 is 37.9 Å². The number of hydrogen-bond donors (Lipinski definition) is 0. The summed E-state index contributed by atoms with van der Waals surface area (Å²) in [7, 11) is 3.21. The van der Waals surface area contributed by atoms with Crippen molar-refractivity contribution in [3.8, 4) is 17.2 Å². The first-order chi connectivity index (χ1) is 44.6. The number of hydrogen-bond acceptors (Lipinski definition) is 14. The van der Waals surface area contributed by atoms with Crippen molar-refractivity contribution in [2.75, 3.05) is 86.9 Å². The molecule has 0 amide bonds. The number of unbranched alkanes of at least 4 members (excludes halogenated alkanes) is 6. The molecule has 15 heteroatoms. The number of carbonyl (C=O) groups excluding carboxylic acids is 6. The monoisotopic (exact) mass is 1270 g/mol. The van der Waals surface area contributed by atoms with Gasteiger partial charge in [-0.3, -0.25) is 28.8 Å². The lowest BCUT2D eigenvalue weighted by Gasteiger charge is -2.33. The number of Topliss-reactive ketones (excluding diaryl/α,β-unsaturated/α-hetero) is 6. The van der Waals surface area contributed by atoms with Gasteiger partial charge in [-0.25, -0.2) is 4.57 Å². The SMILES string of the molecule is COCCOCCOc1cc(C(=O)CCCCCC(=O)C(CCCCC(=O)c2cccc(C)c2C)(CCCCC(=O)c2cccc(C)c2C)CCCCC(=O)c2cccc(C)c2C)cc(OCCOCCOC)c1OCCOCCC(=O)CCCC[n+]1ccccc1. The summed E-state index contributed by atoms with van der Waals surface area (Å²) in [6.07, 6.45) is 15.6. The van der Waals surface area contributed by atoms with Crippen molar-refractivity contribution < 1.29 is 71.2 Å². The third-order valence-corrected chi connectivity index (χ3v) is 17.6. The second kappa shape index (κ2) is 43.2. The Hall–Kier alpha value is -6.75. The van der Waals surface area contributed by atoms with Gasteiger partial charge in [0, 0.05) is 105 Å². The maximum Gasteiger partial charge on any atom is 0.203 e. The van der Waals surface area contributed by atoms with Crippen LogP contribution in [-0.2, 0) is 39.8 Å². The van der Waals surface area contributed by atoms with Crippen molar-refractivity contribution in [3.05, 3.63) is 153 Å². The highest BCUT2D eigenvalue weighted by atomic mass is 16.6. The number of aryl methyl sites for hydroxylation is 4. The molecule has 0 saturated heterocycles. The van der Waals surface area contributed by atoms with E-state index < -0.39 is 5.41 Å². The molecule has 1 heterocycles. The summed E-state index contributed by atoms with van der Waals surface area (Å²) < 4.78 is 48.5. The van der Waals surface area contributed by atoms with Gasteiger partial charge in [-0.1, -0.05) is 86.3 Å². The highest BCUT2D eigenvalue weighted by Gasteiger charge is 2.36. The first-order valence-corrected chi connectivity index (χ1v) is 33.7. The number of carbonyl (C=O) groups is 6. The zero-order valence-electron chi connectivity index (χ0n) is 56.7. The van der Waals surface area contributed by atoms with Crippen LogP contribution in [0.15, 0.2) is 97.3 Å². The average molecular weight is 1270 g/mol. The summed E-state index contributed by atoms with van der Waals surface area (Å²) in [5.41, 5.74) is 8.04. The molecule has 0 aliphatic rings. The lowest BCUT2D eigenvalue weighted by Crippen LogP contribution is -2.32. The minimum atomic E-state index is -0.726. The molecule has 0 aliphatic carbocycles. The smallest absolute Gasteiger partial charge is 0.203 e. The predicted molar refractivity (Wildman–Crippen MR) is 360 cm³/mol. The highest BCUT2D eigenvalue weighted by molar-refractivity contribution is 5.99. The van der Waals surface area contributed by atoms with Crippen LogP contribution in [0.1, 0.15) is 210 Å². The highest BCUT2D eigenvalue weighted by Crippen LogP contribution is 2.42. The van der Waals surface area contributed by atoms with Gasteiger partial charge >= 0.3 is 0 Å². The maximum atomic E-state index is 15.2. The predicted octanol–water partition coefficient (Wildman–Crippen LogP) is 15.2. The summed E-state index contributed by atoms with van der Waals surface area (Å²) in [4.78, 5) is 83.1. The third-order valence-electron chi connectivity index (χ3n) is 17.6. The van der Waals surface area contributed by atoms with E-state index in [1.54, 1.807) is 26.4 Å². The van der Waals surface area contributed by atoms with Crippen LogP contribution in [0.4, 0.5) is 0 Å². The van der Waals surface area contributed by atoms with E-state index in [0.29, 0.717) is 165 Å². The van der Waals surface area contributed by atoms with Crippen LogP contribution >= 0.6 is 0 Å². The minimum Gasteiger partial charge on any atom is -0.487 e. The van der Waals surface area contributed by atoms with Crippen LogP contribution in [0.5, 0.6) is 17.2 Å². The van der Waals surface area contributed by atoms with E-state index in [9.17, 15) is 24.0 Å². The molecule has 1 aromatic heterocycles. The Balaban J connectivity index is 1.29. The zero-order chi connectivity index (χ0) is 66.4. The average Bonchev–Trinajstić information content (AvgIpc) is 0.953. The molecule has 0 fully saturated rings. The fourth-order valence-electron chi connectivity index (χ4n) is 11.6. The Morgan fingerprint density at radius 3 is 1.25 bits per heavy atom. The van der Waals surface area contributed by atoms with Gasteiger partial charge in [0.05, 0.1) is 52.9 Å². The quantitative estimate of drug-likeness (QED) is 0.0204. The number of methoxy groups -OCH3 is 2. The van der Waals surface area contributed by atoms with Crippen molar-refractivity contribution in [2.24, 2.45) is 5.41 Å². The molecule has 0 unspecified atom stereocenters. The molecule has 0 N–H and O–H groups in total. The van der Waals surface area contributed by atoms with E-state index in [4.69, 9.17) is 37.9 Å². The molecular weight excluding hydrogens is 1160 g/mol. The lowest BCUT2D eigenvalue weighted by atomic mass is 9.69. The molecule has 92 heavy (non-hydrogen) atoms. The molecule has 5 rings (SSSR count). The number of rotatable bonds is 52. The van der Waals surface area contributed by atoms with Gasteiger partial charge in [0.1, 0.15) is 37.9 Å². The Morgan fingerprint density at radius 2 is 0.783 bits per heavy atom. The molecule has 4 aromatic carbocycles. The Labute approximate surface area is 548 Å². The summed E-state index contributed by atoms with van der Waals surface area (Å²) in [5.74, 6) is 1.35. The zero-order valence-corrected chi connectivity index (χ0v) is 56.7. The van der Waals surface area contributed by atoms with Crippen LogP contribution in [-0.4, -0.2) is 122 Å².